The van der Waals surface area contributed by atoms with E-state index in [0.29, 0.717) is 42.2 Å². The highest BCUT2D eigenvalue weighted by molar-refractivity contribution is 5.78. The lowest BCUT2D eigenvalue weighted by molar-refractivity contribution is -0.135. The van der Waals surface area contributed by atoms with Crippen LogP contribution in [0.1, 0.15) is 50.8 Å². The average Bonchev–Trinajstić information content (AvgIpc) is 3.46. The van der Waals surface area contributed by atoms with Crippen molar-refractivity contribution in [3.05, 3.63) is 40.4 Å². The molecule has 6 nitrogen and oxygen atoms in total. The SMILES string of the molecule is O=C(C[C@@H]1C[C@H]2CC[C@H]1C2)N(Cc1nc2ccccc2c(=O)[nH]1)C[C@@H]1CCCO1. The minimum absolute atomic E-state index is 0.0890. The lowest BCUT2D eigenvalue weighted by Crippen LogP contribution is -2.39. The average molecular weight is 396 g/mol. The van der Waals surface area contributed by atoms with Gasteiger partial charge < -0.3 is 14.6 Å². The largest absolute Gasteiger partial charge is 0.376 e. The molecule has 3 aliphatic rings. The number of carbonyl (C=O) groups is 1. The van der Waals surface area contributed by atoms with Gasteiger partial charge in [-0.25, -0.2) is 4.98 Å². The molecule has 1 N–H and O–H groups in total. The second-order valence-corrected chi connectivity index (χ2v) is 9.08. The quantitative estimate of drug-likeness (QED) is 0.815. The molecule has 154 valence electrons. The van der Waals surface area contributed by atoms with Crippen molar-refractivity contribution in [2.24, 2.45) is 17.8 Å². The molecule has 1 aromatic heterocycles. The molecule has 4 atom stereocenters. The second kappa shape index (κ2) is 7.90. The number of aromatic nitrogens is 2. The number of aromatic amines is 1. The Morgan fingerprint density at radius 2 is 2.10 bits per heavy atom. The van der Waals surface area contributed by atoms with Crippen LogP contribution in [-0.2, 0) is 16.1 Å². The molecule has 2 heterocycles. The van der Waals surface area contributed by atoms with E-state index in [1.165, 1.54) is 25.7 Å². The maximum absolute atomic E-state index is 13.3. The number of benzene rings is 1. The first-order valence-corrected chi connectivity index (χ1v) is 11.0. The number of amides is 1. The zero-order chi connectivity index (χ0) is 19.8. The molecular weight excluding hydrogens is 366 g/mol. The molecule has 6 heteroatoms. The highest BCUT2D eigenvalue weighted by atomic mass is 16.5. The van der Waals surface area contributed by atoms with Crippen LogP contribution in [0.25, 0.3) is 10.9 Å². The van der Waals surface area contributed by atoms with Gasteiger partial charge in [-0.2, -0.15) is 0 Å². The van der Waals surface area contributed by atoms with E-state index in [4.69, 9.17) is 4.74 Å². The predicted octanol–water partition coefficient (Wildman–Crippen LogP) is 3.26. The number of H-pyrrole nitrogens is 1. The Labute approximate surface area is 170 Å². The summed E-state index contributed by atoms with van der Waals surface area (Å²) in [6, 6.07) is 7.33. The minimum Gasteiger partial charge on any atom is -0.376 e. The van der Waals surface area contributed by atoms with Gasteiger partial charge in [0.25, 0.3) is 5.56 Å². The van der Waals surface area contributed by atoms with E-state index in [2.05, 4.69) is 9.97 Å². The fraction of sp³-hybridized carbons (Fsp3) is 0.609. The molecule has 1 amide bonds. The van der Waals surface area contributed by atoms with Crippen molar-refractivity contribution in [1.29, 1.82) is 0 Å². The summed E-state index contributed by atoms with van der Waals surface area (Å²) < 4.78 is 5.80. The van der Waals surface area contributed by atoms with Crippen molar-refractivity contribution in [1.82, 2.24) is 14.9 Å². The molecule has 2 saturated carbocycles. The Morgan fingerprint density at radius 3 is 2.86 bits per heavy atom. The smallest absolute Gasteiger partial charge is 0.258 e. The molecule has 1 saturated heterocycles. The van der Waals surface area contributed by atoms with Gasteiger partial charge in [-0.3, -0.25) is 9.59 Å². The van der Waals surface area contributed by atoms with E-state index in [1.807, 2.05) is 23.1 Å². The number of nitrogens with one attached hydrogen (secondary N) is 1. The molecule has 2 bridgehead atoms. The van der Waals surface area contributed by atoms with E-state index in [0.717, 1.165) is 31.3 Å². The number of nitrogens with zero attached hydrogens (tertiary/aromatic N) is 2. The monoisotopic (exact) mass is 395 g/mol. The van der Waals surface area contributed by atoms with Gasteiger partial charge in [-0.1, -0.05) is 18.6 Å². The van der Waals surface area contributed by atoms with Gasteiger partial charge >= 0.3 is 0 Å². The Balaban J connectivity index is 1.35. The van der Waals surface area contributed by atoms with Gasteiger partial charge in [-0.15, -0.1) is 0 Å². The number of ether oxygens (including phenoxy) is 1. The molecule has 0 radical (unpaired) electrons. The summed E-state index contributed by atoms with van der Waals surface area (Å²) in [5.41, 5.74) is 0.520. The molecule has 5 rings (SSSR count). The van der Waals surface area contributed by atoms with E-state index in [-0.39, 0.29) is 17.6 Å². The van der Waals surface area contributed by atoms with Crippen molar-refractivity contribution in [2.45, 2.75) is 57.6 Å². The Kier molecular flexibility index (Phi) is 5.12. The van der Waals surface area contributed by atoms with Crippen molar-refractivity contribution >= 4 is 16.8 Å². The van der Waals surface area contributed by atoms with Crippen LogP contribution in [0.3, 0.4) is 0 Å². The van der Waals surface area contributed by atoms with Gasteiger partial charge in [-0.05, 0) is 62.0 Å². The molecule has 29 heavy (non-hydrogen) atoms. The summed E-state index contributed by atoms with van der Waals surface area (Å²) in [6.07, 6.45) is 7.88. The van der Waals surface area contributed by atoms with E-state index >= 15 is 0 Å². The molecule has 0 unspecified atom stereocenters. The van der Waals surface area contributed by atoms with E-state index < -0.39 is 0 Å². The summed E-state index contributed by atoms with van der Waals surface area (Å²) in [7, 11) is 0. The van der Waals surface area contributed by atoms with Crippen molar-refractivity contribution in [3.63, 3.8) is 0 Å². The number of rotatable bonds is 6. The first-order chi connectivity index (χ1) is 14.2. The minimum atomic E-state index is -0.150. The fourth-order valence-corrected chi connectivity index (χ4v) is 5.66. The van der Waals surface area contributed by atoms with Gasteiger partial charge in [0.15, 0.2) is 0 Å². The first kappa shape index (κ1) is 18.8. The van der Waals surface area contributed by atoms with Crippen LogP contribution in [-0.4, -0.2) is 40.0 Å². The molecule has 1 aromatic carbocycles. The lowest BCUT2D eigenvalue weighted by Gasteiger charge is -2.28. The van der Waals surface area contributed by atoms with Crippen LogP contribution in [0.4, 0.5) is 0 Å². The maximum Gasteiger partial charge on any atom is 0.258 e. The van der Waals surface area contributed by atoms with Crippen LogP contribution >= 0.6 is 0 Å². The van der Waals surface area contributed by atoms with E-state index in [9.17, 15) is 9.59 Å². The van der Waals surface area contributed by atoms with Crippen LogP contribution in [0.5, 0.6) is 0 Å². The first-order valence-electron chi connectivity index (χ1n) is 11.0. The van der Waals surface area contributed by atoms with Crippen LogP contribution in [0.15, 0.2) is 29.1 Å². The summed E-state index contributed by atoms with van der Waals surface area (Å²) in [6.45, 7) is 1.68. The molecule has 1 aliphatic heterocycles. The molecular formula is C23H29N3O3. The van der Waals surface area contributed by atoms with Crippen molar-refractivity contribution < 1.29 is 9.53 Å². The third-order valence-electron chi connectivity index (χ3n) is 7.12. The van der Waals surface area contributed by atoms with Gasteiger partial charge in [0, 0.05) is 19.6 Å². The van der Waals surface area contributed by atoms with E-state index in [1.54, 1.807) is 6.07 Å². The normalized spacial score (nSPS) is 28.3. The Morgan fingerprint density at radius 1 is 1.21 bits per heavy atom. The standard InChI is InChI=1S/C23H29N3O3/c27-22(12-17-11-15-7-8-16(17)10-15)26(13-18-4-3-9-29-18)14-21-24-20-6-2-1-5-19(20)23(28)25-21/h1-2,5-6,15-18H,3-4,7-14H2,(H,24,25,28)/t15-,16-,17-,18-/m0/s1. The second-order valence-electron chi connectivity index (χ2n) is 9.08. The summed E-state index contributed by atoms with van der Waals surface area (Å²) in [5.74, 6) is 2.81. The fourth-order valence-electron chi connectivity index (χ4n) is 5.66. The van der Waals surface area contributed by atoms with Crippen LogP contribution < -0.4 is 5.56 Å². The topological polar surface area (TPSA) is 75.3 Å². The third-order valence-corrected chi connectivity index (χ3v) is 7.12. The number of para-hydroxylation sites is 1. The Bertz CT molecular complexity index is 950. The van der Waals surface area contributed by atoms with Crippen molar-refractivity contribution in [2.75, 3.05) is 13.2 Å². The molecule has 3 fully saturated rings. The summed E-state index contributed by atoms with van der Waals surface area (Å²) in [5, 5.41) is 0.579. The number of fused-ring (bicyclic) bond motifs is 3. The molecule has 0 spiro atoms. The van der Waals surface area contributed by atoms with Gasteiger partial charge in [0.2, 0.25) is 5.91 Å². The predicted molar refractivity (Wildman–Crippen MR) is 110 cm³/mol. The number of hydrogen-bond acceptors (Lipinski definition) is 4. The zero-order valence-corrected chi connectivity index (χ0v) is 16.8. The van der Waals surface area contributed by atoms with Gasteiger partial charge in [0.05, 0.1) is 23.6 Å². The highest BCUT2D eigenvalue weighted by Crippen LogP contribution is 2.49. The molecule has 2 aromatic rings. The lowest BCUT2D eigenvalue weighted by atomic mass is 9.86. The van der Waals surface area contributed by atoms with Crippen LogP contribution in [0.2, 0.25) is 0 Å². The number of carbonyl (C=O) groups excluding carboxylic acids is 1. The van der Waals surface area contributed by atoms with Crippen molar-refractivity contribution in [3.8, 4) is 0 Å². The van der Waals surface area contributed by atoms with Crippen LogP contribution in [0, 0.1) is 17.8 Å². The molecule has 2 aliphatic carbocycles. The summed E-state index contributed by atoms with van der Waals surface area (Å²) in [4.78, 5) is 35.1. The van der Waals surface area contributed by atoms with Gasteiger partial charge in [0.1, 0.15) is 5.82 Å². The summed E-state index contributed by atoms with van der Waals surface area (Å²) >= 11 is 0. The Hall–Kier alpha value is -2.21. The number of hydrogen-bond donors (Lipinski definition) is 1. The highest BCUT2D eigenvalue weighted by Gasteiger charge is 2.40. The third kappa shape index (κ3) is 3.95. The zero-order valence-electron chi connectivity index (χ0n) is 16.8. The maximum atomic E-state index is 13.3.